The lowest BCUT2D eigenvalue weighted by Gasteiger charge is -2.16. The first-order valence-electron chi connectivity index (χ1n) is 10.7. The fourth-order valence-electron chi connectivity index (χ4n) is 3.69. The summed E-state index contributed by atoms with van der Waals surface area (Å²) in [5, 5.41) is 3.16. The Morgan fingerprint density at radius 1 is 0.941 bits per heavy atom. The number of amides is 2. The van der Waals surface area contributed by atoms with Gasteiger partial charge in [0.2, 0.25) is 5.91 Å². The van der Waals surface area contributed by atoms with E-state index in [1.807, 2.05) is 0 Å². The van der Waals surface area contributed by atoms with Crippen LogP contribution >= 0.6 is 11.6 Å². The fourth-order valence-corrected chi connectivity index (χ4v) is 3.82. The van der Waals surface area contributed by atoms with E-state index in [0.29, 0.717) is 34.9 Å². The molecule has 1 heterocycles. The third-order valence-electron chi connectivity index (χ3n) is 5.35. The van der Waals surface area contributed by atoms with Gasteiger partial charge in [-0.3, -0.25) is 14.4 Å². The van der Waals surface area contributed by atoms with Crippen LogP contribution in [0, 0.1) is 0 Å². The molecule has 0 unspecified atom stereocenters. The molecular formula is C26H21ClN2O5. The minimum atomic E-state index is -0.788. The second kappa shape index (κ2) is 10.3. The molecule has 1 N–H and O–H groups in total. The standard InChI is InChI=1S/C26H21ClN2O5/c27-18-12-10-17(11-13-18)25(32)21-7-1-2-8-22(21)26(33)34-16-23(30)28-19-5-3-6-20(15-19)29-14-4-9-24(29)31/h1-3,5-8,10-13,15H,4,9,14,16H2,(H,28,30). The molecule has 0 bridgehead atoms. The van der Waals surface area contributed by atoms with E-state index in [4.69, 9.17) is 16.3 Å². The fraction of sp³-hybridized carbons (Fsp3) is 0.154. The average molecular weight is 477 g/mol. The van der Waals surface area contributed by atoms with Crippen molar-refractivity contribution >= 4 is 46.5 Å². The van der Waals surface area contributed by atoms with E-state index in [-0.39, 0.29) is 22.8 Å². The molecule has 7 nitrogen and oxygen atoms in total. The van der Waals surface area contributed by atoms with E-state index in [2.05, 4.69) is 5.32 Å². The van der Waals surface area contributed by atoms with Gasteiger partial charge in [0, 0.05) is 40.5 Å². The number of benzene rings is 3. The van der Waals surface area contributed by atoms with Crippen LogP contribution in [-0.2, 0) is 14.3 Å². The summed E-state index contributed by atoms with van der Waals surface area (Å²) in [4.78, 5) is 51.5. The molecule has 0 atom stereocenters. The number of carbonyl (C=O) groups excluding carboxylic acids is 4. The Kier molecular flexibility index (Phi) is 7.04. The Labute approximate surface area is 201 Å². The first-order chi connectivity index (χ1) is 16.4. The SMILES string of the molecule is O=C(COC(=O)c1ccccc1C(=O)c1ccc(Cl)cc1)Nc1cccc(N2CCCC2=O)c1. The molecule has 172 valence electrons. The molecule has 2 amide bonds. The number of rotatable bonds is 7. The highest BCUT2D eigenvalue weighted by Gasteiger charge is 2.22. The van der Waals surface area contributed by atoms with Crippen LogP contribution in [0.2, 0.25) is 5.02 Å². The molecule has 1 saturated heterocycles. The summed E-state index contributed by atoms with van der Waals surface area (Å²) in [6, 6.07) is 19.5. The summed E-state index contributed by atoms with van der Waals surface area (Å²) < 4.78 is 5.17. The molecule has 4 rings (SSSR count). The molecule has 0 aromatic heterocycles. The van der Waals surface area contributed by atoms with Gasteiger partial charge in [0.05, 0.1) is 5.56 Å². The zero-order valence-corrected chi connectivity index (χ0v) is 18.9. The van der Waals surface area contributed by atoms with Gasteiger partial charge in [0.15, 0.2) is 12.4 Å². The third-order valence-corrected chi connectivity index (χ3v) is 5.60. The van der Waals surface area contributed by atoms with Crippen molar-refractivity contribution in [3.63, 3.8) is 0 Å². The molecule has 0 aliphatic carbocycles. The smallest absolute Gasteiger partial charge is 0.339 e. The summed E-state index contributed by atoms with van der Waals surface area (Å²) in [5.41, 5.74) is 1.78. The molecule has 1 aliphatic heterocycles. The van der Waals surface area contributed by atoms with Crippen molar-refractivity contribution in [1.82, 2.24) is 0 Å². The number of esters is 1. The van der Waals surface area contributed by atoms with Crippen molar-refractivity contribution < 1.29 is 23.9 Å². The Morgan fingerprint density at radius 2 is 1.68 bits per heavy atom. The van der Waals surface area contributed by atoms with Gasteiger partial charge in [0.1, 0.15) is 0 Å². The molecule has 1 aliphatic rings. The minimum Gasteiger partial charge on any atom is -0.452 e. The number of ketones is 1. The van der Waals surface area contributed by atoms with Crippen molar-refractivity contribution in [3.8, 4) is 0 Å². The molecule has 3 aromatic carbocycles. The zero-order chi connectivity index (χ0) is 24.1. The number of hydrogen-bond acceptors (Lipinski definition) is 5. The average Bonchev–Trinajstić information content (AvgIpc) is 3.28. The van der Waals surface area contributed by atoms with Gasteiger partial charge in [0.25, 0.3) is 5.91 Å². The summed E-state index contributed by atoms with van der Waals surface area (Å²) in [7, 11) is 0. The quantitative estimate of drug-likeness (QED) is 0.400. The highest BCUT2D eigenvalue weighted by Crippen LogP contribution is 2.24. The largest absolute Gasteiger partial charge is 0.452 e. The lowest BCUT2D eigenvalue weighted by Crippen LogP contribution is -2.24. The van der Waals surface area contributed by atoms with Gasteiger partial charge >= 0.3 is 5.97 Å². The molecular weight excluding hydrogens is 456 g/mol. The first kappa shape index (κ1) is 23.2. The maximum absolute atomic E-state index is 12.9. The number of nitrogens with zero attached hydrogens (tertiary/aromatic N) is 1. The number of halogens is 1. The Hall–Kier alpha value is -3.97. The third kappa shape index (κ3) is 5.32. The van der Waals surface area contributed by atoms with Crippen molar-refractivity contribution in [2.45, 2.75) is 12.8 Å². The van der Waals surface area contributed by atoms with Crippen LogP contribution in [0.1, 0.15) is 39.1 Å². The molecule has 0 radical (unpaired) electrons. The van der Waals surface area contributed by atoms with Crippen LogP contribution in [0.5, 0.6) is 0 Å². The zero-order valence-electron chi connectivity index (χ0n) is 18.1. The maximum atomic E-state index is 12.9. The van der Waals surface area contributed by atoms with E-state index < -0.39 is 18.5 Å². The lowest BCUT2D eigenvalue weighted by atomic mass is 9.98. The van der Waals surface area contributed by atoms with Crippen LogP contribution in [0.15, 0.2) is 72.8 Å². The summed E-state index contributed by atoms with van der Waals surface area (Å²) in [5.74, 6) is -1.64. The van der Waals surface area contributed by atoms with Gasteiger partial charge in [-0.1, -0.05) is 35.9 Å². The topological polar surface area (TPSA) is 92.8 Å². The van der Waals surface area contributed by atoms with Crippen molar-refractivity contribution in [2.75, 3.05) is 23.4 Å². The van der Waals surface area contributed by atoms with Gasteiger partial charge in [-0.15, -0.1) is 0 Å². The van der Waals surface area contributed by atoms with Crippen LogP contribution in [0.3, 0.4) is 0 Å². The summed E-state index contributed by atoms with van der Waals surface area (Å²) in [6.07, 6.45) is 1.31. The normalized spacial score (nSPS) is 13.0. The molecule has 0 spiro atoms. The lowest BCUT2D eigenvalue weighted by molar-refractivity contribution is -0.119. The van der Waals surface area contributed by atoms with Gasteiger partial charge in [-0.25, -0.2) is 4.79 Å². The van der Waals surface area contributed by atoms with Crippen molar-refractivity contribution in [3.05, 3.63) is 94.5 Å². The number of nitrogens with one attached hydrogen (secondary N) is 1. The van der Waals surface area contributed by atoms with Crippen molar-refractivity contribution in [1.29, 1.82) is 0 Å². The summed E-state index contributed by atoms with van der Waals surface area (Å²) >= 11 is 5.88. The van der Waals surface area contributed by atoms with E-state index in [9.17, 15) is 19.2 Å². The molecule has 8 heteroatoms. The highest BCUT2D eigenvalue weighted by molar-refractivity contribution is 6.30. The molecule has 1 fully saturated rings. The summed E-state index contributed by atoms with van der Waals surface area (Å²) in [6.45, 7) is 0.108. The van der Waals surface area contributed by atoms with Crippen LogP contribution < -0.4 is 10.2 Å². The minimum absolute atomic E-state index is 0.0456. The predicted molar refractivity (Wildman–Crippen MR) is 128 cm³/mol. The molecule has 34 heavy (non-hydrogen) atoms. The van der Waals surface area contributed by atoms with Crippen LogP contribution in [-0.4, -0.2) is 36.7 Å². The van der Waals surface area contributed by atoms with Gasteiger partial charge in [-0.2, -0.15) is 0 Å². The predicted octanol–water partition coefficient (Wildman–Crippen LogP) is 4.49. The number of carbonyl (C=O) groups is 4. The number of anilines is 2. The second-order valence-corrected chi connectivity index (χ2v) is 8.14. The van der Waals surface area contributed by atoms with E-state index in [1.165, 1.54) is 12.1 Å². The van der Waals surface area contributed by atoms with E-state index >= 15 is 0 Å². The maximum Gasteiger partial charge on any atom is 0.339 e. The highest BCUT2D eigenvalue weighted by atomic mass is 35.5. The Morgan fingerprint density at radius 3 is 2.38 bits per heavy atom. The van der Waals surface area contributed by atoms with Crippen LogP contribution in [0.25, 0.3) is 0 Å². The van der Waals surface area contributed by atoms with Gasteiger partial charge < -0.3 is 15.0 Å². The number of hydrogen-bond donors (Lipinski definition) is 1. The monoisotopic (exact) mass is 476 g/mol. The Bertz CT molecular complexity index is 1260. The van der Waals surface area contributed by atoms with Crippen LogP contribution in [0.4, 0.5) is 11.4 Å². The van der Waals surface area contributed by atoms with Gasteiger partial charge in [-0.05, 0) is 55.0 Å². The second-order valence-electron chi connectivity index (χ2n) is 7.71. The Balaban J connectivity index is 1.40. The van der Waals surface area contributed by atoms with E-state index in [1.54, 1.807) is 65.6 Å². The van der Waals surface area contributed by atoms with E-state index in [0.717, 1.165) is 6.42 Å². The van der Waals surface area contributed by atoms with Crippen molar-refractivity contribution in [2.24, 2.45) is 0 Å². The first-order valence-corrected chi connectivity index (χ1v) is 11.1. The number of ether oxygens (including phenoxy) is 1. The molecule has 3 aromatic rings. The molecule has 0 saturated carbocycles.